The fraction of sp³-hybridized carbons (Fsp3) is 0.562. The van der Waals surface area contributed by atoms with Gasteiger partial charge in [0.1, 0.15) is 0 Å². The highest BCUT2D eigenvalue weighted by molar-refractivity contribution is 5.74. The molecule has 1 aromatic rings. The molecule has 2 N–H and O–H groups in total. The van der Waals surface area contributed by atoms with E-state index < -0.39 is 0 Å². The van der Waals surface area contributed by atoms with Crippen molar-refractivity contribution >= 4 is 6.03 Å². The highest BCUT2D eigenvalue weighted by Crippen LogP contribution is 2.16. The minimum atomic E-state index is -0.0926. The van der Waals surface area contributed by atoms with E-state index in [-0.39, 0.29) is 18.7 Å². The van der Waals surface area contributed by atoms with E-state index in [0.717, 1.165) is 30.5 Å². The SMILES string of the molecule is CCOCc1ccc(CNC(=O)N2CCCC2CO)cc1. The molecule has 0 spiro atoms. The number of aliphatic hydroxyl groups excluding tert-OH is 1. The summed E-state index contributed by atoms with van der Waals surface area (Å²) in [4.78, 5) is 13.8. The molecule has 5 nitrogen and oxygen atoms in total. The fourth-order valence-corrected chi connectivity index (χ4v) is 2.55. The average Bonchev–Trinajstić information content (AvgIpc) is 3.00. The molecule has 2 amide bonds. The van der Waals surface area contributed by atoms with Gasteiger partial charge in [0, 0.05) is 19.7 Å². The number of carbonyl (C=O) groups is 1. The van der Waals surface area contributed by atoms with Crippen molar-refractivity contribution in [3.63, 3.8) is 0 Å². The van der Waals surface area contributed by atoms with Crippen molar-refractivity contribution in [2.45, 2.75) is 39.0 Å². The van der Waals surface area contributed by atoms with E-state index in [4.69, 9.17) is 4.74 Å². The summed E-state index contributed by atoms with van der Waals surface area (Å²) in [5.74, 6) is 0. The first kappa shape index (κ1) is 15.8. The van der Waals surface area contributed by atoms with E-state index >= 15 is 0 Å². The van der Waals surface area contributed by atoms with Gasteiger partial charge in [-0.2, -0.15) is 0 Å². The molecular weight excluding hydrogens is 268 g/mol. The molecule has 5 heteroatoms. The first-order valence-electron chi connectivity index (χ1n) is 7.55. The fourth-order valence-electron chi connectivity index (χ4n) is 2.55. The highest BCUT2D eigenvalue weighted by atomic mass is 16.5. The lowest BCUT2D eigenvalue weighted by atomic mass is 10.1. The molecule has 1 unspecified atom stereocenters. The summed E-state index contributed by atoms with van der Waals surface area (Å²) >= 11 is 0. The van der Waals surface area contributed by atoms with Gasteiger partial charge < -0.3 is 20.1 Å². The predicted octanol–water partition coefficient (Wildman–Crippen LogP) is 1.89. The Labute approximate surface area is 125 Å². The lowest BCUT2D eigenvalue weighted by molar-refractivity contribution is 0.134. The van der Waals surface area contributed by atoms with Crippen LogP contribution in [0.2, 0.25) is 0 Å². The third-order valence-electron chi connectivity index (χ3n) is 3.79. The Morgan fingerprint density at radius 3 is 2.76 bits per heavy atom. The number of hydrogen-bond donors (Lipinski definition) is 2. The number of nitrogens with one attached hydrogen (secondary N) is 1. The van der Waals surface area contributed by atoms with Gasteiger partial charge in [0.05, 0.1) is 19.3 Å². The molecule has 116 valence electrons. The molecule has 0 saturated carbocycles. The third kappa shape index (κ3) is 4.44. The topological polar surface area (TPSA) is 61.8 Å². The van der Waals surface area contributed by atoms with Gasteiger partial charge in [0.15, 0.2) is 0 Å². The molecule has 0 aliphatic carbocycles. The first-order chi connectivity index (χ1) is 10.2. The molecule has 1 aromatic carbocycles. The molecule has 1 heterocycles. The van der Waals surface area contributed by atoms with Gasteiger partial charge in [-0.15, -0.1) is 0 Å². The van der Waals surface area contributed by atoms with Crippen molar-refractivity contribution in [1.29, 1.82) is 0 Å². The summed E-state index contributed by atoms with van der Waals surface area (Å²) in [7, 11) is 0. The van der Waals surface area contributed by atoms with Crippen LogP contribution in [0.25, 0.3) is 0 Å². The molecule has 0 bridgehead atoms. The molecular formula is C16H24N2O3. The van der Waals surface area contributed by atoms with Crippen LogP contribution in [-0.2, 0) is 17.9 Å². The van der Waals surface area contributed by atoms with E-state index in [1.807, 2.05) is 31.2 Å². The van der Waals surface area contributed by atoms with Crippen LogP contribution >= 0.6 is 0 Å². The summed E-state index contributed by atoms with van der Waals surface area (Å²) in [5.41, 5.74) is 2.19. The summed E-state index contributed by atoms with van der Waals surface area (Å²) in [6.45, 7) is 4.57. The van der Waals surface area contributed by atoms with Crippen LogP contribution < -0.4 is 5.32 Å². The number of likely N-dealkylation sites (tertiary alicyclic amines) is 1. The van der Waals surface area contributed by atoms with Crippen molar-refractivity contribution in [2.24, 2.45) is 0 Å². The van der Waals surface area contributed by atoms with Crippen LogP contribution in [0, 0.1) is 0 Å². The number of hydrogen-bond acceptors (Lipinski definition) is 3. The largest absolute Gasteiger partial charge is 0.394 e. The quantitative estimate of drug-likeness (QED) is 0.841. The zero-order valence-corrected chi connectivity index (χ0v) is 12.5. The van der Waals surface area contributed by atoms with Gasteiger partial charge in [0.2, 0.25) is 0 Å². The van der Waals surface area contributed by atoms with Gasteiger partial charge in [-0.25, -0.2) is 4.79 Å². The molecule has 0 radical (unpaired) electrons. The molecule has 1 saturated heterocycles. The van der Waals surface area contributed by atoms with Crippen LogP contribution in [0.1, 0.15) is 30.9 Å². The molecule has 0 aromatic heterocycles. The number of nitrogens with zero attached hydrogens (tertiary/aromatic N) is 1. The highest BCUT2D eigenvalue weighted by Gasteiger charge is 2.27. The normalized spacial score (nSPS) is 18.0. The number of aliphatic hydroxyl groups is 1. The minimum Gasteiger partial charge on any atom is -0.394 e. The second-order valence-corrected chi connectivity index (χ2v) is 5.28. The number of benzene rings is 1. The van der Waals surface area contributed by atoms with Crippen LogP contribution in [-0.4, -0.2) is 41.8 Å². The molecule has 1 aliphatic rings. The Morgan fingerprint density at radius 2 is 2.10 bits per heavy atom. The second kappa shape index (κ2) is 8.00. The summed E-state index contributed by atoms with van der Waals surface area (Å²) in [6, 6.07) is 7.92. The number of urea groups is 1. The number of carbonyl (C=O) groups excluding carboxylic acids is 1. The number of rotatable bonds is 6. The van der Waals surface area contributed by atoms with E-state index in [0.29, 0.717) is 19.8 Å². The van der Waals surface area contributed by atoms with Crippen LogP contribution in [0.15, 0.2) is 24.3 Å². The van der Waals surface area contributed by atoms with Gasteiger partial charge in [0.25, 0.3) is 0 Å². The number of ether oxygens (including phenoxy) is 1. The molecule has 1 atom stereocenters. The number of amides is 2. The molecule has 1 fully saturated rings. The van der Waals surface area contributed by atoms with Crippen LogP contribution in [0.4, 0.5) is 4.79 Å². The molecule has 2 rings (SSSR count). The maximum absolute atomic E-state index is 12.1. The van der Waals surface area contributed by atoms with Crippen molar-refractivity contribution in [2.75, 3.05) is 19.8 Å². The standard InChI is InChI=1S/C16H24N2O3/c1-2-21-12-14-7-5-13(6-8-14)10-17-16(20)18-9-3-4-15(18)11-19/h5-8,15,19H,2-4,9-12H2,1H3,(H,17,20). The van der Waals surface area contributed by atoms with Gasteiger partial charge in [-0.05, 0) is 30.9 Å². The Balaban J connectivity index is 1.81. The molecule has 21 heavy (non-hydrogen) atoms. The molecule has 1 aliphatic heterocycles. The third-order valence-corrected chi connectivity index (χ3v) is 3.79. The van der Waals surface area contributed by atoms with Gasteiger partial charge in [-0.1, -0.05) is 24.3 Å². The maximum atomic E-state index is 12.1. The summed E-state index contributed by atoms with van der Waals surface area (Å²) < 4.78 is 5.35. The lowest BCUT2D eigenvalue weighted by Crippen LogP contribution is -2.43. The second-order valence-electron chi connectivity index (χ2n) is 5.28. The maximum Gasteiger partial charge on any atom is 0.317 e. The Hall–Kier alpha value is -1.59. The lowest BCUT2D eigenvalue weighted by Gasteiger charge is -2.23. The Bertz CT molecular complexity index is 447. The van der Waals surface area contributed by atoms with E-state index in [2.05, 4.69) is 5.32 Å². The monoisotopic (exact) mass is 292 g/mol. The van der Waals surface area contributed by atoms with Crippen molar-refractivity contribution in [1.82, 2.24) is 10.2 Å². The van der Waals surface area contributed by atoms with Gasteiger partial charge in [-0.3, -0.25) is 0 Å². The smallest absolute Gasteiger partial charge is 0.317 e. The van der Waals surface area contributed by atoms with Crippen molar-refractivity contribution in [3.05, 3.63) is 35.4 Å². The van der Waals surface area contributed by atoms with Crippen LogP contribution in [0.5, 0.6) is 0 Å². The van der Waals surface area contributed by atoms with Crippen molar-refractivity contribution in [3.8, 4) is 0 Å². The predicted molar refractivity (Wildman–Crippen MR) is 80.8 cm³/mol. The Kier molecular flexibility index (Phi) is 6.02. The first-order valence-corrected chi connectivity index (χ1v) is 7.55. The Morgan fingerprint density at radius 1 is 1.38 bits per heavy atom. The van der Waals surface area contributed by atoms with Crippen LogP contribution in [0.3, 0.4) is 0 Å². The van der Waals surface area contributed by atoms with E-state index in [9.17, 15) is 9.90 Å². The van der Waals surface area contributed by atoms with E-state index in [1.165, 1.54) is 0 Å². The zero-order valence-electron chi connectivity index (χ0n) is 12.5. The minimum absolute atomic E-state index is 0.0291. The zero-order chi connectivity index (χ0) is 15.1. The summed E-state index contributed by atoms with van der Waals surface area (Å²) in [5, 5.41) is 12.2. The summed E-state index contributed by atoms with van der Waals surface area (Å²) in [6.07, 6.45) is 1.85. The van der Waals surface area contributed by atoms with Crippen molar-refractivity contribution < 1.29 is 14.6 Å². The van der Waals surface area contributed by atoms with E-state index in [1.54, 1.807) is 4.90 Å². The average molecular weight is 292 g/mol. The van der Waals surface area contributed by atoms with Gasteiger partial charge >= 0.3 is 6.03 Å².